The largest absolute Gasteiger partial charge is 0.306 e. The summed E-state index contributed by atoms with van der Waals surface area (Å²) in [5, 5.41) is 0. The first kappa shape index (κ1) is 14.2. The number of carbonyl (C=O) groups is 1. The Morgan fingerprint density at radius 3 is 2.18 bits per heavy atom. The van der Waals surface area contributed by atoms with Crippen molar-refractivity contribution in [3.8, 4) is 0 Å². The van der Waals surface area contributed by atoms with E-state index in [2.05, 4.69) is 24.1 Å². The van der Waals surface area contributed by atoms with E-state index in [0.29, 0.717) is 5.92 Å². The summed E-state index contributed by atoms with van der Waals surface area (Å²) in [7, 11) is 2.18. The number of Topliss-reactive ketones (excluding diaryl/α,β-unsaturated/α-hetero) is 1. The average Bonchev–Trinajstić information content (AvgIpc) is 2.30. The summed E-state index contributed by atoms with van der Waals surface area (Å²) >= 11 is 0. The molecule has 0 spiro atoms. The van der Waals surface area contributed by atoms with Crippen molar-refractivity contribution in [2.24, 2.45) is 0 Å². The highest BCUT2D eigenvalue weighted by molar-refractivity contribution is 5.94. The Morgan fingerprint density at radius 1 is 1.18 bits per heavy atom. The van der Waals surface area contributed by atoms with Gasteiger partial charge in [0.05, 0.1) is 0 Å². The Morgan fingerprint density at radius 2 is 1.71 bits per heavy atom. The van der Waals surface area contributed by atoms with Crippen molar-refractivity contribution in [1.82, 2.24) is 4.90 Å². The van der Waals surface area contributed by atoms with Gasteiger partial charge in [-0.05, 0) is 51.4 Å². The number of hydrogen-bond donors (Lipinski definition) is 0. The van der Waals surface area contributed by atoms with Gasteiger partial charge in [-0.2, -0.15) is 0 Å². The maximum atomic E-state index is 11.2. The average molecular weight is 254 g/mol. The number of ketones is 1. The van der Waals surface area contributed by atoms with Crippen molar-refractivity contribution in [3.05, 3.63) is 35.4 Å². The van der Waals surface area contributed by atoms with Gasteiger partial charge in [0.1, 0.15) is 0 Å². The molecule has 2 rings (SSSR count). The molecule has 0 bridgehead atoms. The van der Waals surface area contributed by atoms with Gasteiger partial charge in [-0.15, -0.1) is 12.4 Å². The van der Waals surface area contributed by atoms with E-state index in [1.807, 2.05) is 12.1 Å². The zero-order valence-corrected chi connectivity index (χ0v) is 11.3. The van der Waals surface area contributed by atoms with Gasteiger partial charge < -0.3 is 4.90 Å². The smallest absolute Gasteiger partial charge is 0.159 e. The first-order valence-electron chi connectivity index (χ1n) is 5.96. The van der Waals surface area contributed by atoms with E-state index >= 15 is 0 Å². The van der Waals surface area contributed by atoms with Crippen LogP contribution in [-0.4, -0.2) is 30.8 Å². The lowest BCUT2D eigenvalue weighted by Gasteiger charge is -2.29. The first-order valence-corrected chi connectivity index (χ1v) is 5.96. The van der Waals surface area contributed by atoms with E-state index in [9.17, 15) is 4.79 Å². The third kappa shape index (κ3) is 3.55. The lowest BCUT2D eigenvalue weighted by Crippen LogP contribution is -2.29. The molecule has 0 N–H and O–H groups in total. The zero-order chi connectivity index (χ0) is 11.5. The second-order valence-corrected chi connectivity index (χ2v) is 4.76. The number of halogens is 1. The molecule has 0 aromatic heterocycles. The first-order chi connectivity index (χ1) is 7.66. The van der Waals surface area contributed by atoms with Gasteiger partial charge in [-0.3, -0.25) is 4.79 Å². The Kier molecular flexibility index (Phi) is 5.16. The third-order valence-corrected chi connectivity index (χ3v) is 3.51. The van der Waals surface area contributed by atoms with Crippen LogP contribution in [0, 0.1) is 0 Å². The number of likely N-dealkylation sites (tertiary alicyclic amines) is 1. The highest BCUT2D eigenvalue weighted by atomic mass is 35.5. The van der Waals surface area contributed by atoms with Crippen LogP contribution >= 0.6 is 12.4 Å². The summed E-state index contributed by atoms with van der Waals surface area (Å²) in [6.07, 6.45) is 2.46. The van der Waals surface area contributed by atoms with Crippen molar-refractivity contribution in [3.63, 3.8) is 0 Å². The summed E-state index contributed by atoms with van der Waals surface area (Å²) in [4.78, 5) is 13.5. The number of hydrogen-bond acceptors (Lipinski definition) is 2. The monoisotopic (exact) mass is 253 g/mol. The van der Waals surface area contributed by atoms with Crippen LogP contribution in [0.2, 0.25) is 0 Å². The Bertz CT molecular complexity index is 366. The maximum Gasteiger partial charge on any atom is 0.159 e. The number of piperidine rings is 1. The fourth-order valence-corrected chi connectivity index (χ4v) is 2.33. The second kappa shape index (κ2) is 6.18. The van der Waals surface area contributed by atoms with Gasteiger partial charge in [0.15, 0.2) is 5.78 Å². The molecule has 94 valence electrons. The molecule has 1 aromatic rings. The third-order valence-electron chi connectivity index (χ3n) is 3.51. The minimum absolute atomic E-state index is 0. The van der Waals surface area contributed by atoms with Gasteiger partial charge in [-0.1, -0.05) is 24.3 Å². The van der Waals surface area contributed by atoms with Crippen LogP contribution in [0.15, 0.2) is 24.3 Å². The van der Waals surface area contributed by atoms with E-state index in [1.54, 1.807) is 6.92 Å². The van der Waals surface area contributed by atoms with E-state index in [4.69, 9.17) is 0 Å². The summed E-state index contributed by atoms with van der Waals surface area (Å²) in [6, 6.07) is 8.14. The van der Waals surface area contributed by atoms with Gasteiger partial charge in [0.2, 0.25) is 0 Å². The van der Waals surface area contributed by atoms with Crippen molar-refractivity contribution < 1.29 is 4.79 Å². The highest BCUT2D eigenvalue weighted by Gasteiger charge is 2.18. The quantitative estimate of drug-likeness (QED) is 0.755. The lowest BCUT2D eigenvalue weighted by molar-refractivity contribution is 0.101. The molecule has 1 aromatic carbocycles. The minimum atomic E-state index is 0. The van der Waals surface area contributed by atoms with Crippen molar-refractivity contribution in [2.75, 3.05) is 20.1 Å². The second-order valence-electron chi connectivity index (χ2n) is 4.76. The molecule has 1 fully saturated rings. The molecule has 0 unspecified atom stereocenters. The van der Waals surface area contributed by atoms with E-state index in [-0.39, 0.29) is 18.2 Å². The number of rotatable bonds is 2. The van der Waals surface area contributed by atoms with Gasteiger partial charge in [0, 0.05) is 5.56 Å². The SMILES string of the molecule is CC(=O)c1ccc(C2CCN(C)CC2)cc1.Cl. The molecule has 1 heterocycles. The fourth-order valence-electron chi connectivity index (χ4n) is 2.33. The van der Waals surface area contributed by atoms with Gasteiger partial charge in [-0.25, -0.2) is 0 Å². The molecule has 1 aliphatic rings. The molecule has 3 heteroatoms. The highest BCUT2D eigenvalue weighted by Crippen LogP contribution is 2.27. The van der Waals surface area contributed by atoms with Gasteiger partial charge >= 0.3 is 0 Å². The van der Waals surface area contributed by atoms with Crippen LogP contribution in [0.25, 0.3) is 0 Å². The summed E-state index contributed by atoms with van der Waals surface area (Å²) < 4.78 is 0. The normalized spacial score (nSPS) is 17.5. The predicted molar refractivity (Wildman–Crippen MR) is 73.2 cm³/mol. The number of nitrogens with zero attached hydrogens (tertiary/aromatic N) is 1. The van der Waals surface area contributed by atoms with Gasteiger partial charge in [0.25, 0.3) is 0 Å². The molecule has 0 amide bonds. The van der Waals surface area contributed by atoms with Crippen LogP contribution in [0.3, 0.4) is 0 Å². The van der Waals surface area contributed by atoms with Crippen molar-refractivity contribution in [2.45, 2.75) is 25.7 Å². The molecule has 0 atom stereocenters. The van der Waals surface area contributed by atoms with Crippen LogP contribution in [0.1, 0.15) is 41.6 Å². The zero-order valence-electron chi connectivity index (χ0n) is 10.5. The molecule has 2 nitrogen and oxygen atoms in total. The van der Waals surface area contributed by atoms with Crippen molar-refractivity contribution in [1.29, 1.82) is 0 Å². The fraction of sp³-hybridized carbons (Fsp3) is 0.500. The predicted octanol–water partition coefficient (Wildman–Crippen LogP) is 3.12. The topological polar surface area (TPSA) is 20.3 Å². The Hall–Kier alpha value is -0.860. The Labute approximate surface area is 109 Å². The number of benzene rings is 1. The molecule has 0 aliphatic carbocycles. The van der Waals surface area contributed by atoms with E-state index in [1.165, 1.54) is 31.5 Å². The minimum Gasteiger partial charge on any atom is -0.306 e. The van der Waals surface area contributed by atoms with Crippen LogP contribution in [-0.2, 0) is 0 Å². The molecule has 1 aliphatic heterocycles. The molecular formula is C14H20ClNO. The van der Waals surface area contributed by atoms with Crippen LogP contribution in [0.4, 0.5) is 0 Å². The number of carbonyl (C=O) groups excluding carboxylic acids is 1. The summed E-state index contributed by atoms with van der Waals surface area (Å²) in [6.45, 7) is 3.98. The maximum absolute atomic E-state index is 11.2. The summed E-state index contributed by atoms with van der Waals surface area (Å²) in [5.74, 6) is 0.826. The molecular weight excluding hydrogens is 234 g/mol. The Balaban J connectivity index is 0.00000144. The lowest BCUT2D eigenvalue weighted by atomic mass is 9.89. The summed E-state index contributed by atoms with van der Waals surface area (Å²) in [5.41, 5.74) is 2.20. The van der Waals surface area contributed by atoms with Crippen molar-refractivity contribution >= 4 is 18.2 Å². The van der Waals surface area contributed by atoms with E-state index < -0.39 is 0 Å². The van der Waals surface area contributed by atoms with E-state index in [0.717, 1.165) is 5.56 Å². The van der Waals surface area contributed by atoms with Crippen LogP contribution in [0.5, 0.6) is 0 Å². The standard InChI is InChI=1S/C14H19NO.ClH/c1-11(16)12-3-5-13(6-4-12)14-7-9-15(2)10-8-14;/h3-6,14H,7-10H2,1-2H3;1H. The molecule has 1 saturated heterocycles. The molecule has 0 saturated carbocycles. The molecule has 17 heavy (non-hydrogen) atoms. The molecule has 0 radical (unpaired) electrons. The van der Waals surface area contributed by atoms with Crippen LogP contribution < -0.4 is 0 Å².